The first-order valence-electron chi connectivity index (χ1n) is 6.93. The fourth-order valence-corrected chi connectivity index (χ4v) is 2.57. The minimum absolute atomic E-state index is 0.0478. The number of rotatable bonds is 5. The summed E-state index contributed by atoms with van der Waals surface area (Å²) >= 11 is 0. The van der Waals surface area contributed by atoms with E-state index in [2.05, 4.69) is 10.6 Å². The zero-order chi connectivity index (χ0) is 15.5. The lowest BCUT2D eigenvalue weighted by molar-refractivity contribution is -0.141. The van der Waals surface area contributed by atoms with E-state index in [1.807, 2.05) is 0 Å². The van der Waals surface area contributed by atoms with Gasteiger partial charge in [0.2, 0.25) is 0 Å². The summed E-state index contributed by atoms with van der Waals surface area (Å²) in [6.07, 6.45) is 2.60. The SMILES string of the molecule is Cc1ccc(NC(=O)NCC2(CC(=O)O)CCC2)c(F)c1. The van der Waals surface area contributed by atoms with Gasteiger partial charge in [0.25, 0.3) is 0 Å². The number of aryl methyl sites for hydroxylation is 1. The fraction of sp³-hybridized carbons (Fsp3) is 0.467. The van der Waals surface area contributed by atoms with Crippen LogP contribution < -0.4 is 10.6 Å². The van der Waals surface area contributed by atoms with Gasteiger partial charge in [0.05, 0.1) is 12.1 Å². The molecule has 1 aromatic carbocycles. The summed E-state index contributed by atoms with van der Waals surface area (Å²) in [7, 11) is 0. The number of nitrogens with one attached hydrogen (secondary N) is 2. The van der Waals surface area contributed by atoms with E-state index >= 15 is 0 Å². The molecule has 114 valence electrons. The molecule has 6 heteroatoms. The Morgan fingerprint density at radius 2 is 2.10 bits per heavy atom. The number of amides is 2. The van der Waals surface area contributed by atoms with Crippen LogP contribution in [0.1, 0.15) is 31.2 Å². The number of halogens is 1. The molecule has 0 radical (unpaired) electrons. The zero-order valence-corrected chi connectivity index (χ0v) is 11.9. The van der Waals surface area contributed by atoms with E-state index in [1.54, 1.807) is 13.0 Å². The van der Waals surface area contributed by atoms with Gasteiger partial charge in [-0.3, -0.25) is 4.79 Å². The molecule has 0 bridgehead atoms. The monoisotopic (exact) mass is 294 g/mol. The first-order valence-corrected chi connectivity index (χ1v) is 6.93. The van der Waals surface area contributed by atoms with Crippen molar-refractivity contribution in [3.8, 4) is 0 Å². The summed E-state index contributed by atoms with van der Waals surface area (Å²) in [6.45, 7) is 2.05. The Balaban J connectivity index is 1.88. The van der Waals surface area contributed by atoms with Crippen molar-refractivity contribution in [1.82, 2.24) is 5.32 Å². The zero-order valence-electron chi connectivity index (χ0n) is 11.9. The normalized spacial score (nSPS) is 15.9. The van der Waals surface area contributed by atoms with E-state index in [4.69, 9.17) is 5.11 Å². The van der Waals surface area contributed by atoms with Crippen LogP contribution in [0, 0.1) is 18.2 Å². The highest BCUT2D eigenvalue weighted by Gasteiger charge is 2.39. The molecule has 0 aliphatic heterocycles. The smallest absolute Gasteiger partial charge is 0.319 e. The van der Waals surface area contributed by atoms with E-state index in [-0.39, 0.29) is 17.5 Å². The minimum Gasteiger partial charge on any atom is -0.481 e. The minimum atomic E-state index is -0.860. The highest BCUT2D eigenvalue weighted by Crippen LogP contribution is 2.43. The van der Waals surface area contributed by atoms with E-state index in [9.17, 15) is 14.0 Å². The van der Waals surface area contributed by atoms with Gasteiger partial charge < -0.3 is 15.7 Å². The second-order valence-electron chi connectivity index (χ2n) is 5.72. The Bertz CT molecular complexity index is 556. The number of carboxylic acid groups (broad SMARTS) is 1. The number of hydrogen-bond acceptors (Lipinski definition) is 2. The lowest BCUT2D eigenvalue weighted by atomic mass is 9.66. The molecule has 21 heavy (non-hydrogen) atoms. The van der Waals surface area contributed by atoms with Gasteiger partial charge in [-0.05, 0) is 42.9 Å². The van der Waals surface area contributed by atoms with Crippen LogP contribution in [-0.2, 0) is 4.79 Å². The molecular formula is C15H19FN2O3. The lowest BCUT2D eigenvalue weighted by Crippen LogP contribution is -2.44. The second kappa shape index (κ2) is 6.11. The molecule has 1 aliphatic carbocycles. The Hall–Kier alpha value is -2.11. The number of benzene rings is 1. The molecular weight excluding hydrogens is 275 g/mol. The molecule has 1 aliphatic rings. The van der Waals surface area contributed by atoms with Crippen molar-refractivity contribution in [1.29, 1.82) is 0 Å². The van der Waals surface area contributed by atoms with E-state index in [1.165, 1.54) is 12.1 Å². The Kier molecular flexibility index (Phi) is 4.45. The summed E-state index contributed by atoms with van der Waals surface area (Å²) in [4.78, 5) is 22.6. The van der Waals surface area contributed by atoms with Gasteiger partial charge in [0.1, 0.15) is 5.82 Å². The van der Waals surface area contributed by atoms with E-state index in [0.717, 1.165) is 24.8 Å². The summed E-state index contributed by atoms with van der Waals surface area (Å²) in [6, 6.07) is 4.03. The fourth-order valence-electron chi connectivity index (χ4n) is 2.57. The molecule has 0 atom stereocenters. The lowest BCUT2D eigenvalue weighted by Gasteiger charge is -2.40. The van der Waals surface area contributed by atoms with Crippen molar-refractivity contribution in [2.24, 2.45) is 5.41 Å². The number of hydrogen-bond donors (Lipinski definition) is 3. The summed E-state index contributed by atoms with van der Waals surface area (Å²) < 4.78 is 13.6. The van der Waals surface area contributed by atoms with Crippen LogP contribution in [-0.4, -0.2) is 23.7 Å². The maximum Gasteiger partial charge on any atom is 0.319 e. The maximum absolute atomic E-state index is 13.6. The van der Waals surface area contributed by atoms with Gasteiger partial charge in [-0.1, -0.05) is 12.5 Å². The Morgan fingerprint density at radius 3 is 2.62 bits per heavy atom. The first kappa shape index (κ1) is 15.3. The first-order chi connectivity index (χ1) is 9.90. The Labute approximate surface area is 122 Å². The van der Waals surface area contributed by atoms with Crippen LogP contribution >= 0.6 is 0 Å². The molecule has 0 spiro atoms. The average Bonchev–Trinajstić information content (AvgIpc) is 2.35. The highest BCUT2D eigenvalue weighted by molar-refractivity contribution is 5.89. The molecule has 1 saturated carbocycles. The summed E-state index contributed by atoms with van der Waals surface area (Å²) in [5.74, 6) is -1.35. The number of carboxylic acids is 1. The Morgan fingerprint density at radius 1 is 1.38 bits per heavy atom. The van der Waals surface area contributed by atoms with Gasteiger partial charge in [-0.2, -0.15) is 0 Å². The predicted octanol–water partition coefficient (Wildman–Crippen LogP) is 2.90. The van der Waals surface area contributed by atoms with Crippen LogP contribution in [0.5, 0.6) is 0 Å². The number of urea groups is 1. The van der Waals surface area contributed by atoms with Crippen LogP contribution in [0.15, 0.2) is 18.2 Å². The maximum atomic E-state index is 13.6. The second-order valence-corrected chi connectivity index (χ2v) is 5.72. The quantitative estimate of drug-likeness (QED) is 0.781. The van der Waals surface area contributed by atoms with Crippen molar-refractivity contribution in [2.75, 3.05) is 11.9 Å². The van der Waals surface area contributed by atoms with Crippen LogP contribution in [0.25, 0.3) is 0 Å². The average molecular weight is 294 g/mol. The number of anilines is 1. The third-order valence-electron chi connectivity index (χ3n) is 3.94. The van der Waals surface area contributed by atoms with Gasteiger partial charge in [-0.25, -0.2) is 9.18 Å². The molecule has 5 nitrogen and oxygen atoms in total. The predicted molar refractivity (Wildman–Crippen MR) is 76.7 cm³/mol. The molecule has 1 fully saturated rings. The van der Waals surface area contributed by atoms with Crippen molar-refractivity contribution in [3.63, 3.8) is 0 Å². The van der Waals surface area contributed by atoms with E-state index in [0.29, 0.717) is 6.54 Å². The van der Waals surface area contributed by atoms with Gasteiger partial charge in [0.15, 0.2) is 0 Å². The van der Waals surface area contributed by atoms with Crippen molar-refractivity contribution in [2.45, 2.75) is 32.6 Å². The van der Waals surface area contributed by atoms with Gasteiger partial charge in [-0.15, -0.1) is 0 Å². The molecule has 0 saturated heterocycles. The highest BCUT2D eigenvalue weighted by atomic mass is 19.1. The molecule has 0 aromatic heterocycles. The van der Waals surface area contributed by atoms with E-state index < -0.39 is 17.8 Å². The molecule has 3 N–H and O–H groups in total. The summed E-state index contributed by atoms with van der Waals surface area (Å²) in [5.41, 5.74) is 0.530. The third kappa shape index (κ3) is 3.93. The summed E-state index contributed by atoms with van der Waals surface area (Å²) in [5, 5.41) is 14.0. The van der Waals surface area contributed by atoms with Crippen molar-refractivity contribution < 1.29 is 19.1 Å². The van der Waals surface area contributed by atoms with Crippen LogP contribution in [0.4, 0.5) is 14.9 Å². The third-order valence-corrected chi connectivity index (χ3v) is 3.94. The van der Waals surface area contributed by atoms with Crippen LogP contribution in [0.3, 0.4) is 0 Å². The van der Waals surface area contributed by atoms with Crippen LogP contribution in [0.2, 0.25) is 0 Å². The molecule has 1 aromatic rings. The number of carbonyl (C=O) groups is 2. The molecule has 2 rings (SSSR count). The standard InChI is InChI=1S/C15H19FN2O3/c1-10-3-4-12(11(16)7-10)18-14(21)17-9-15(5-2-6-15)8-13(19)20/h3-4,7H,2,5-6,8-9H2,1H3,(H,19,20)(H2,17,18,21). The number of aliphatic carboxylic acids is 1. The molecule has 2 amide bonds. The largest absolute Gasteiger partial charge is 0.481 e. The van der Waals surface area contributed by atoms with Gasteiger partial charge >= 0.3 is 12.0 Å². The molecule has 0 heterocycles. The topological polar surface area (TPSA) is 78.4 Å². The van der Waals surface area contributed by atoms with Gasteiger partial charge in [0, 0.05) is 6.54 Å². The van der Waals surface area contributed by atoms with Crippen molar-refractivity contribution >= 4 is 17.7 Å². The molecule has 0 unspecified atom stereocenters. The van der Waals surface area contributed by atoms with Crippen molar-refractivity contribution in [3.05, 3.63) is 29.6 Å². The number of carbonyl (C=O) groups excluding carboxylic acids is 1.